The van der Waals surface area contributed by atoms with Crippen LogP contribution in [0.4, 0.5) is 0 Å². The van der Waals surface area contributed by atoms with Gasteiger partial charge in [0.1, 0.15) is 0 Å². The molecule has 3 nitrogen and oxygen atoms in total. The first kappa shape index (κ1) is 17.3. The molecular weight excluding hydrogens is 393 g/mol. The van der Waals surface area contributed by atoms with Crippen LogP contribution in [0.25, 0.3) is 0 Å². The molecule has 1 aromatic carbocycles. The number of carbonyl (C=O) groups excluding carboxylic acids is 1. The van der Waals surface area contributed by atoms with Gasteiger partial charge in [-0.15, -0.1) is 0 Å². The summed E-state index contributed by atoms with van der Waals surface area (Å²) in [4.78, 5) is 22.2. The van der Waals surface area contributed by atoms with Crippen molar-refractivity contribution in [1.29, 1.82) is 0 Å². The van der Waals surface area contributed by atoms with Crippen molar-refractivity contribution in [3.63, 3.8) is 0 Å². The van der Waals surface area contributed by atoms with E-state index in [2.05, 4.69) is 51.0 Å². The minimum atomic E-state index is -2.01. The van der Waals surface area contributed by atoms with Gasteiger partial charge in [0.2, 0.25) is 0 Å². The maximum atomic E-state index is 12.5. The average molecular weight is 422 g/mol. The molecule has 0 aliphatic carbocycles. The zero-order valence-corrected chi connectivity index (χ0v) is 17.9. The number of piperidine rings is 1. The molecule has 0 spiro atoms. The molecular formula is C19H29NO2Sn. The number of nitrogens with zero attached hydrogens (tertiary/aromatic N) is 1. The van der Waals surface area contributed by atoms with Gasteiger partial charge in [-0.2, -0.15) is 0 Å². The Balaban J connectivity index is 1.92. The summed E-state index contributed by atoms with van der Waals surface area (Å²) >= 11 is -2.01. The molecule has 0 amide bonds. The molecule has 0 aromatic heterocycles. The molecule has 23 heavy (non-hydrogen) atoms. The Morgan fingerprint density at radius 3 is 2.39 bits per heavy atom. The van der Waals surface area contributed by atoms with E-state index in [1.165, 1.54) is 19.1 Å². The van der Waals surface area contributed by atoms with Crippen LogP contribution in [-0.4, -0.2) is 55.5 Å². The molecule has 1 unspecified atom stereocenters. The first-order chi connectivity index (χ1) is 10.8. The Morgan fingerprint density at radius 2 is 1.83 bits per heavy atom. The maximum absolute atomic E-state index is 12.5. The van der Waals surface area contributed by atoms with E-state index in [0.717, 1.165) is 12.8 Å². The van der Waals surface area contributed by atoms with E-state index in [0.29, 0.717) is 18.0 Å². The zero-order valence-electron chi connectivity index (χ0n) is 15.0. The Hall–Kier alpha value is -0.551. The van der Waals surface area contributed by atoms with E-state index in [9.17, 15) is 4.79 Å². The first-order valence-corrected chi connectivity index (χ1v) is 18.7. The van der Waals surface area contributed by atoms with Crippen LogP contribution in [0.3, 0.4) is 0 Å². The average Bonchev–Trinajstić information content (AvgIpc) is 2.75. The monoisotopic (exact) mass is 423 g/mol. The normalized spacial score (nSPS) is 31.2. The SMILES string of the molecule is COC(=O)[C@H]1C(c2cc[c]([Sn]([CH3])([CH3])[CH3])cc2)C[C@@H]2CC[C@H]1N2C. The van der Waals surface area contributed by atoms with Gasteiger partial charge in [0.15, 0.2) is 0 Å². The molecule has 4 heteroatoms. The first-order valence-electron chi connectivity index (χ1n) is 8.73. The van der Waals surface area contributed by atoms with Crippen molar-refractivity contribution >= 4 is 27.9 Å². The molecule has 2 saturated heterocycles. The van der Waals surface area contributed by atoms with Crippen molar-refractivity contribution in [3.8, 4) is 0 Å². The molecule has 2 bridgehead atoms. The van der Waals surface area contributed by atoms with Crippen LogP contribution < -0.4 is 3.58 Å². The summed E-state index contributed by atoms with van der Waals surface area (Å²) in [5, 5.41) is 0. The van der Waals surface area contributed by atoms with Crippen molar-refractivity contribution in [2.45, 2.75) is 52.1 Å². The van der Waals surface area contributed by atoms with Crippen LogP contribution in [0, 0.1) is 5.92 Å². The van der Waals surface area contributed by atoms with Crippen LogP contribution in [0.15, 0.2) is 24.3 Å². The van der Waals surface area contributed by atoms with E-state index in [4.69, 9.17) is 4.74 Å². The van der Waals surface area contributed by atoms with E-state index in [-0.39, 0.29) is 11.9 Å². The van der Waals surface area contributed by atoms with Gasteiger partial charge in [-0.25, -0.2) is 0 Å². The van der Waals surface area contributed by atoms with Gasteiger partial charge in [-0.1, -0.05) is 0 Å². The standard InChI is InChI=1S/C16H20NO2.3CH3.Sn/c1-17-12-8-9-14(17)15(16(18)19-2)13(10-12)11-6-4-3-5-7-11;;;;/h4-7,12-15H,8-10H2,1-2H3;3*1H3;/t12-,13?,14+,15-;;;;/m0..../s1. The van der Waals surface area contributed by atoms with Gasteiger partial charge in [-0.3, -0.25) is 0 Å². The van der Waals surface area contributed by atoms with E-state index in [1.54, 1.807) is 3.58 Å². The number of rotatable bonds is 3. The Kier molecular flexibility index (Phi) is 4.80. The molecule has 0 radical (unpaired) electrons. The minimum absolute atomic E-state index is 0.0206. The Labute approximate surface area is 144 Å². The number of hydrogen-bond donors (Lipinski definition) is 0. The Morgan fingerprint density at radius 1 is 1.17 bits per heavy atom. The molecule has 1 aromatic rings. The summed E-state index contributed by atoms with van der Waals surface area (Å²) in [5.41, 5.74) is 1.32. The predicted molar refractivity (Wildman–Crippen MR) is 96.9 cm³/mol. The van der Waals surface area contributed by atoms with Gasteiger partial charge in [-0.05, 0) is 0 Å². The van der Waals surface area contributed by atoms with Crippen molar-refractivity contribution in [1.82, 2.24) is 4.90 Å². The van der Waals surface area contributed by atoms with Crippen LogP contribution in [-0.2, 0) is 9.53 Å². The van der Waals surface area contributed by atoms with Crippen LogP contribution in [0.5, 0.6) is 0 Å². The number of esters is 1. The van der Waals surface area contributed by atoms with E-state index >= 15 is 0 Å². The van der Waals surface area contributed by atoms with Gasteiger partial charge in [0, 0.05) is 0 Å². The fraction of sp³-hybridized carbons (Fsp3) is 0.632. The number of carbonyl (C=O) groups is 1. The van der Waals surface area contributed by atoms with E-state index in [1.807, 2.05) is 0 Å². The molecule has 2 heterocycles. The quantitative estimate of drug-likeness (QED) is 0.555. The van der Waals surface area contributed by atoms with Crippen molar-refractivity contribution in [2.75, 3.05) is 14.2 Å². The number of benzene rings is 1. The molecule has 2 aliphatic rings. The fourth-order valence-corrected chi connectivity index (χ4v) is 7.83. The summed E-state index contributed by atoms with van der Waals surface area (Å²) in [6.45, 7) is 0. The molecule has 2 fully saturated rings. The molecule has 2 aliphatic heterocycles. The van der Waals surface area contributed by atoms with Crippen LogP contribution in [0.2, 0.25) is 14.8 Å². The second-order valence-corrected chi connectivity index (χ2v) is 22.7. The second kappa shape index (κ2) is 6.40. The summed E-state index contributed by atoms with van der Waals surface area (Å²) in [5.74, 6) is 0.249. The molecule has 0 saturated carbocycles. The molecule has 4 atom stereocenters. The summed E-state index contributed by atoms with van der Waals surface area (Å²) < 4.78 is 6.71. The molecule has 3 rings (SSSR count). The number of fused-ring (bicyclic) bond motifs is 2. The van der Waals surface area contributed by atoms with Crippen molar-refractivity contribution < 1.29 is 9.53 Å². The van der Waals surface area contributed by atoms with Gasteiger partial charge in [0.25, 0.3) is 0 Å². The second-order valence-electron chi connectivity index (χ2n) is 8.23. The molecule has 126 valence electrons. The fourth-order valence-electron chi connectivity index (χ4n) is 4.50. The number of methoxy groups -OCH3 is 1. The topological polar surface area (TPSA) is 29.5 Å². The summed E-state index contributed by atoms with van der Waals surface area (Å²) in [6.07, 6.45) is 3.40. The van der Waals surface area contributed by atoms with Crippen LogP contribution in [0.1, 0.15) is 30.7 Å². The van der Waals surface area contributed by atoms with Gasteiger partial charge >= 0.3 is 144 Å². The summed E-state index contributed by atoms with van der Waals surface area (Å²) in [7, 11) is 3.70. The predicted octanol–water partition coefficient (Wildman–Crippen LogP) is 2.97. The zero-order chi connectivity index (χ0) is 16.8. The molecule has 0 N–H and O–H groups in total. The van der Waals surface area contributed by atoms with Crippen LogP contribution >= 0.6 is 0 Å². The number of ether oxygens (including phenoxy) is 1. The Bertz CT molecular complexity index is 578. The van der Waals surface area contributed by atoms with Crippen molar-refractivity contribution in [3.05, 3.63) is 29.8 Å². The number of hydrogen-bond acceptors (Lipinski definition) is 3. The van der Waals surface area contributed by atoms with Gasteiger partial charge in [0.05, 0.1) is 0 Å². The third-order valence-corrected chi connectivity index (χ3v) is 11.8. The third kappa shape index (κ3) is 3.19. The van der Waals surface area contributed by atoms with E-state index < -0.39 is 18.4 Å². The summed E-state index contributed by atoms with van der Waals surface area (Å²) in [6, 6.07) is 10.2. The van der Waals surface area contributed by atoms with Crippen molar-refractivity contribution in [2.24, 2.45) is 5.92 Å². The van der Waals surface area contributed by atoms with Gasteiger partial charge < -0.3 is 0 Å². The third-order valence-electron chi connectivity index (χ3n) is 5.95.